The van der Waals surface area contributed by atoms with E-state index >= 15 is 0 Å². The first-order chi connectivity index (χ1) is 9.45. The normalized spacial score (nSPS) is 12.4. The van der Waals surface area contributed by atoms with Gasteiger partial charge in [-0.1, -0.05) is 46.9 Å². The summed E-state index contributed by atoms with van der Waals surface area (Å²) in [5.74, 6) is -0.425. The fourth-order valence-corrected chi connectivity index (χ4v) is 2.45. The van der Waals surface area contributed by atoms with Crippen molar-refractivity contribution in [3.63, 3.8) is 0 Å². The van der Waals surface area contributed by atoms with E-state index in [0.717, 1.165) is 11.1 Å². The molecule has 1 unspecified atom stereocenters. The topological polar surface area (TPSA) is 26.0 Å². The molecule has 106 valence electrons. The van der Waals surface area contributed by atoms with Crippen LogP contribution in [0.5, 0.6) is 0 Å². The van der Waals surface area contributed by atoms with Crippen LogP contribution in [0, 0.1) is 5.82 Å². The average molecular weight is 333 g/mol. The van der Waals surface area contributed by atoms with Crippen molar-refractivity contribution in [2.45, 2.75) is 18.9 Å². The molecule has 2 N–H and O–H groups in total. The first kappa shape index (κ1) is 15.6. The highest BCUT2D eigenvalue weighted by Crippen LogP contribution is 2.23. The summed E-state index contributed by atoms with van der Waals surface area (Å²) in [6, 6.07) is 10.0. The molecule has 0 spiro atoms. The maximum Gasteiger partial charge on any atom is 0.142 e. The van der Waals surface area contributed by atoms with Crippen LogP contribution < -0.4 is 5.73 Å². The third kappa shape index (κ3) is 4.10. The van der Waals surface area contributed by atoms with Crippen molar-refractivity contribution in [2.75, 3.05) is 0 Å². The summed E-state index contributed by atoms with van der Waals surface area (Å²) in [6.07, 6.45) is 1.20. The maximum atomic E-state index is 13.3. The van der Waals surface area contributed by atoms with Crippen LogP contribution in [0.3, 0.4) is 0 Å². The molecule has 20 heavy (non-hydrogen) atoms. The lowest BCUT2D eigenvalue weighted by Crippen LogP contribution is -2.25. The molecule has 0 saturated carbocycles. The second-order valence-electron chi connectivity index (χ2n) is 4.67. The molecule has 1 atom stereocenters. The fourth-order valence-electron chi connectivity index (χ4n) is 2.01. The third-order valence-corrected chi connectivity index (χ3v) is 4.01. The zero-order valence-corrected chi connectivity index (χ0v) is 12.8. The summed E-state index contributed by atoms with van der Waals surface area (Å²) in [5, 5.41) is 1.14. The molecule has 0 amide bonds. The van der Waals surface area contributed by atoms with Crippen molar-refractivity contribution in [3.8, 4) is 0 Å². The molecule has 0 aromatic heterocycles. The van der Waals surface area contributed by atoms with Gasteiger partial charge in [0, 0.05) is 6.04 Å². The van der Waals surface area contributed by atoms with Gasteiger partial charge < -0.3 is 5.73 Å². The number of rotatable bonds is 4. The fraction of sp³-hybridized carbons (Fsp3) is 0.200. The van der Waals surface area contributed by atoms with Gasteiger partial charge in [0.15, 0.2) is 0 Å². The van der Waals surface area contributed by atoms with Gasteiger partial charge in [-0.3, -0.25) is 0 Å². The molecule has 5 heteroatoms. The molecular weight excluding hydrogens is 320 g/mol. The highest BCUT2D eigenvalue weighted by molar-refractivity contribution is 6.42. The lowest BCUT2D eigenvalue weighted by molar-refractivity contribution is 0.618. The Hall–Kier alpha value is -0.800. The lowest BCUT2D eigenvalue weighted by atomic mass is 10.00. The second-order valence-corrected chi connectivity index (χ2v) is 5.89. The van der Waals surface area contributed by atoms with Crippen LogP contribution in [-0.4, -0.2) is 6.04 Å². The summed E-state index contributed by atoms with van der Waals surface area (Å²) >= 11 is 17.5. The Morgan fingerprint density at radius 2 is 1.40 bits per heavy atom. The molecule has 2 aromatic carbocycles. The van der Waals surface area contributed by atoms with Gasteiger partial charge in [-0.2, -0.15) is 0 Å². The molecular formula is C15H13Cl3FN. The average Bonchev–Trinajstić information content (AvgIpc) is 2.38. The van der Waals surface area contributed by atoms with Gasteiger partial charge in [0.2, 0.25) is 0 Å². The van der Waals surface area contributed by atoms with E-state index in [0.29, 0.717) is 22.9 Å². The van der Waals surface area contributed by atoms with Crippen molar-refractivity contribution >= 4 is 34.8 Å². The van der Waals surface area contributed by atoms with E-state index in [9.17, 15) is 4.39 Å². The molecule has 0 aliphatic rings. The molecule has 0 fully saturated rings. The predicted octanol–water partition coefficient (Wildman–Crippen LogP) is 4.90. The molecule has 2 aromatic rings. The van der Waals surface area contributed by atoms with E-state index in [1.54, 1.807) is 18.2 Å². The van der Waals surface area contributed by atoms with Gasteiger partial charge in [-0.25, -0.2) is 4.39 Å². The van der Waals surface area contributed by atoms with Crippen molar-refractivity contribution < 1.29 is 4.39 Å². The van der Waals surface area contributed by atoms with Gasteiger partial charge in [0.05, 0.1) is 15.1 Å². The SMILES string of the molecule is NC(Cc1ccc(Cl)c(F)c1)Cc1ccc(Cl)c(Cl)c1. The third-order valence-electron chi connectivity index (χ3n) is 2.96. The van der Waals surface area contributed by atoms with Gasteiger partial charge in [0.25, 0.3) is 0 Å². The number of hydrogen-bond donors (Lipinski definition) is 1. The second kappa shape index (κ2) is 6.77. The standard InChI is InChI=1S/C15H13Cl3FN/c16-12-3-1-9(7-14(12)18)5-11(20)6-10-2-4-13(17)15(19)8-10/h1-4,7-8,11H,5-6,20H2. The van der Waals surface area contributed by atoms with Gasteiger partial charge >= 0.3 is 0 Å². The number of halogens is 4. The van der Waals surface area contributed by atoms with Crippen LogP contribution in [-0.2, 0) is 12.8 Å². The first-order valence-electron chi connectivity index (χ1n) is 6.09. The van der Waals surface area contributed by atoms with Crippen LogP contribution in [0.1, 0.15) is 11.1 Å². The molecule has 0 heterocycles. The van der Waals surface area contributed by atoms with Crippen LogP contribution in [0.15, 0.2) is 36.4 Å². The molecule has 1 nitrogen and oxygen atoms in total. The Labute approximate surface area is 132 Å². The maximum absolute atomic E-state index is 13.3. The Morgan fingerprint density at radius 3 is 1.95 bits per heavy atom. The number of nitrogens with two attached hydrogens (primary N) is 1. The van der Waals surface area contributed by atoms with Gasteiger partial charge in [-0.15, -0.1) is 0 Å². The summed E-state index contributed by atoms with van der Waals surface area (Å²) in [4.78, 5) is 0. The van der Waals surface area contributed by atoms with Gasteiger partial charge in [0.1, 0.15) is 5.82 Å². The van der Waals surface area contributed by atoms with E-state index in [2.05, 4.69) is 0 Å². The van der Waals surface area contributed by atoms with Gasteiger partial charge in [-0.05, 0) is 48.2 Å². The van der Waals surface area contributed by atoms with Crippen molar-refractivity contribution in [1.82, 2.24) is 0 Å². The van der Waals surface area contributed by atoms with E-state index in [1.165, 1.54) is 12.1 Å². The van der Waals surface area contributed by atoms with Crippen molar-refractivity contribution in [1.29, 1.82) is 0 Å². The minimum Gasteiger partial charge on any atom is -0.327 e. The Kier molecular flexibility index (Phi) is 5.28. The smallest absolute Gasteiger partial charge is 0.142 e. The lowest BCUT2D eigenvalue weighted by Gasteiger charge is -2.12. The Balaban J connectivity index is 2.02. The Bertz CT molecular complexity index is 563. The molecule has 0 aliphatic carbocycles. The predicted molar refractivity (Wildman–Crippen MR) is 83.3 cm³/mol. The van der Waals surface area contributed by atoms with Crippen LogP contribution >= 0.6 is 34.8 Å². The largest absolute Gasteiger partial charge is 0.327 e. The molecule has 0 aliphatic heterocycles. The summed E-state index contributed by atoms with van der Waals surface area (Å²) in [7, 11) is 0. The summed E-state index contributed by atoms with van der Waals surface area (Å²) in [6.45, 7) is 0. The highest BCUT2D eigenvalue weighted by atomic mass is 35.5. The zero-order chi connectivity index (χ0) is 14.7. The quantitative estimate of drug-likeness (QED) is 0.847. The Morgan fingerprint density at radius 1 is 0.850 bits per heavy atom. The van der Waals surface area contributed by atoms with Crippen LogP contribution in [0.25, 0.3) is 0 Å². The van der Waals surface area contributed by atoms with E-state index in [1.807, 2.05) is 6.07 Å². The molecule has 0 saturated heterocycles. The monoisotopic (exact) mass is 331 g/mol. The highest BCUT2D eigenvalue weighted by Gasteiger charge is 2.09. The molecule has 0 bridgehead atoms. The number of hydrogen-bond acceptors (Lipinski definition) is 1. The number of benzene rings is 2. The van der Waals surface area contributed by atoms with E-state index in [-0.39, 0.29) is 11.1 Å². The minimum atomic E-state index is -0.425. The zero-order valence-electron chi connectivity index (χ0n) is 10.5. The summed E-state index contributed by atoms with van der Waals surface area (Å²) < 4.78 is 13.3. The molecule has 2 rings (SSSR count). The van der Waals surface area contributed by atoms with E-state index < -0.39 is 5.82 Å². The first-order valence-corrected chi connectivity index (χ1v) is 7.22. The molecule has 0 radical (unpaired) electrons. The van der Waals surface area contributed by atoms with Crippen molar-refractivity contribution in [3.05, 3.63) is 68.4 Å². The van der Waals surface area contributed by atoms with Crippen LogP contribution in [0.2, 0.25) is 15.1 Å². The van der Waals surface area contributed by atoms with E-state index in [4.69, 9.17) is 40.5 Å². The van der Waals surface area contributed by atoms with Crippen molar-refractivity contribution in [2.24, 2.45) is 5.73 Å². The summed E-state index contributed by atoms with van der Waals surface area (Å²) in [5.41, 5.74) is 7.90. The van der Waals surface area contributed by atoms with Crippen LogP contribution in [0.4, 0.5) is 4.39 Å². The minimum absolute atomic E-state index is 0.117.